The summed E-state index contributed by atoms with van der Waals surface area (Å²) in [5.74, 6) is 0.396. The molecule has 6 heteroatoms. The van der Waals surface area contributed by atoms with Crippen LogP contribution in [-0.2, 0) is 0 Å². The summed E-state index contributed by atoms with van der Waals surface area (Å²) >= 11 is 11.5. The molecular weight excluding hydrogens is 225 g/mol. The third kappa shape index (κ3) is 3.20. The molecule has 0 aliphatic carbocycles. The van der Waals surface area contributed by atoms with Crippen molar-refractivity contribution in [2.45, 2.75) is 18.7 Å². The summed E-state index contributed by atoms with van der Waals surface area (Å²) in [5, 5.41) is 3.10. The summed E-state index contributed by atoms with van der Waals surface area (Å²) in [6.07, 6.45) is 2.09. The minimum atomic E-state index is -0.344. The molecule has 1 aromatic rings. The Bertz CT molecular complexity index is 351. The van der Waals surface area contributed by atoms with Gasteiger partial charge in [0.2, 0.25) is 0 Å². The van der Waals surface area contributed by atoms with Crippen molar-refractivity contribution in [1.82, 2.24) is 9.97 Å². The molecule has 14 heavy (non-hydrogen) atoms. The molecule has 1 unspecified atom stereocenters. The third-order valence-corrected chi connectivity index (χ3v) is 2.20. The lowest BCUT2D eigenvalue weighted by Crippen LogP contribution is -2.13. The fourth-order valence-corrected chi connectivity index (χ4v) is 1.18. The van der Waals surface area contributed by atoms with Gasteiger partial charge in [-0.3, -0.25) is 4.79 Å². The summed E-state index contributed by atoms with van der Waals surface area (Å²) in [6.45, 7) is 2.54. The molecule has 1 rings (SSSR count). The maximum atomic E-state index is 11.0. The number of nitrogens with zero attached hydrogens (tertiary/aromatic N) is 1. The highest BCUT2D eigenvalue weighted by Crippen LogP contribution is 2.12. The third-order valence-electron chi connectivity index (χ3n) is 1.63. The van der Waals surface area contributed by atoms with Crippen LogP contribution in [0.1, 0.15) is 13.3 Å². The highest BCUT2D eigenvalue weighted by Gasteiger charge is 2.04. The second-order valence-electron chi connectivity index (χ2n) is 2.89. The predicted molar refractivity (Wildman–Crippen MR) is 58.3 cm³/mol. The maximum Gasteiger partial charge on any atom is 0.271 e. The summed E-state index contributed by atoms with van der Waals surface area (Å²) < 4.78 is 0. The minimum absolute atomic E-state index is 0.0784. The van der Waals surface area contributed by atoms with E-state index in [-0.39, 0.29) is 16.0 Å². The Labute approximate surface area is 91.6 Å². The number of aromatic amines is 1. The van der Waals surface area contributed by atoms with Crippen LogP contribution in [0.3, 0.4) is 0 Å². The number of alkyl halides is 1. The van der Waals surface area contributed by atoms with Gasteiger partial charge in [0.05, 0.1) is 6.33 Å². The molecule has 0 spiro atoms. The van der Waals surface area contributed by atoms with Gasteiger partial charge in [0.1, 0.15) is 5.02 Å². The van der Waals surface area contributed by atoms with Gasteiger partial charge in [-0.2, -0.15) is 0 Å². The van der Waals surface area contributed by atoms with Crippen LogP contribution in [0.5, 0.6) is 0 Å². The highest BCUT2D eigenvalue weighted by atomic mass is 35.5. The molecule has 1 atom stereocenters. The molecule has 0 aliphatic rings. The van der Waals surface area contributed by atoms with Gasteiger partial charge in [0, 0.05) is 11.9 Å². The van der Waals surface area contributed by atoms with Gasteiger partial charge in [0.25, 0.3) is 5.56 Å². The first kappa shape index (κ1) is 11.3. The van der Waals surface area contributed by atoms with E-state index < -0.39 is 0 Å². The van der Waals surface area contributed by atoms with Gasteiger partial charge in [-0.05, 0) is 13.3 Å². The number of H-pyrrole nitrogens is 1. The molecule has 1 aromatic heterocycles. The molecular formula is C8H11Cl2N3O. The van der Waals surface area contributed by atoms with E-state index >= 15 is 0 Å². The zero-order valence-electron chi connectivity index (χ0n) is 7.68. The topological polar surface area (TPSA) is 57.8 Å². The van der Waals surface area contributed by atoms with Gasteiger partial charge in [-0.15, -0.1) is 11.6 Å². The second-order valence-corrected chi connectivity index (χ2v) is 4.01. The van der Waals surface area contributed by atoms with E-state index in [0.717, 1.165) is 6.42 Å². The van der Waals surface area contributed by atoms with Crippen LogP contribution in [-0.4, -0.2) is 21.9 Å². The first-order valence-electron chi connectivity index (χ1n) is 4.22. The van der Waals surface area contributed by atoms with Crippen molar-refractivity contribution in [2.75, 3.05) is 11.9 Å². The van der Waals surface area contributed by atoms with Crippen LogP contribution >= 0.6 is 23.2 Å². The zero-order chi connectivity index (χ0) is 10.6. The fraction of sp³-hybridized carbons (Fsp3) is 0.500. The summed E-state index contributed by atoms with van der Waals surface area (Å²) in [7, 11) is 0. The largest absolute Gasteiger partial charge is 0.369 e. The number of hydrogen-bond donors (Lipinski definition) is 2. The number of hydrogen-bond acceptors (Lipinski definition) is 3. The average Bonchev–Trinajstić information content (AvgIpc) is 2.12. The van der Waals surface area contributed by atoms with Gasteiger partial charge < -0.3 is 10.3 Å². The number of halogens is 2. The summed E-state index contributed by atoms with van der Waals surface area (Å²) in [5.41, 5.74) is -0.344. The Morgan fingerprint density at radius 2 is 2.43 bits per heavy atom. The normalized spacial score (nSPS) is 12.5. The summed E-state index contributed by atoms with van der Waals surface area (Å²) in [4.78, 5) is 17.3. The van der Waals surface area contributed by atoms with Gasteiger partial charge in [0.15, 0.2) is 5.82 Å². The van der Waals surface area contributed by atoms with Crippen molar-refractivity contribution >= 4 is 29.0 Å². The molecule has 0 amide bonds. The van der Waals surface area contributed by atoms with Crippen LogP contribution in [0.25, 0.3) is 0 Å². The standard InChI is InChI=1S/C8H11Cl2N3O/c1-5(9)2-3-11-7-6(10)8(14)13-4-12-7/h4-5H,2-3H2,1H3,(H2,11,12,13,14). The lowest BCUT2D eigenvalue weighted by Gasteiger charge is -2.06. The van der Waals surface area contributed by atoms with Crippen molar-refractivity contribution in [1.29, 1.82) is 0 Å². The monoisotopic (exact) mass is 235 g/mol. The van der Waals surface area contributed by atoms with E-state index in [1.165, 1.54) is 6.33 Å². The van der Waals surface area contributed by atoms with E-state index in [9.17, 15) is 4.79 Å². The smallest absolute Gasteiger partial charge is 0.271 e. The summed E-state index contributed by atoms with van der Waals surface area (Å²) in [6, 6.07) is 0. The molecule has 0 saturated carbocycles. The zero-order valence-corrected chi connectivity index (χ0v) is 9.19. The van der Waals surface area contributed by atoms with Gasteiger partial charge in [-0.25, -0.2) is 4.98 Å². The van der Waals surface area contributed by atoms with E-state index in [2.05, 4.69) is 15.3 Å². The molecule has 1 heterocycles. The Morgan fingerprint density at radius 1 is 1.71 bits per heavy atom. The molecule has 78 valence electrons. The lowest BCUT2D eigenvalue weighted by molar-refractivity contribution is 0.838. The predicted octanol–water partition coefficient (Wildman–Crippen LogP) is 1.85. The average molecular weight is 236 g/mol. The molecule has 0 fully saturated rings. The quantitative estimate of drug-likeness (QED) is 0.784. The molecule has 2 N–H and O–H groups in total. The van der Waals surface area contributed by atoms with Crippen molar-refractivity contribution in [2.24, 2.45) is 0 Å². The number of aromatic nitrogens is 2. The second kappa shape index (κ2) is 5.22. The van der Waals surface area contributed by atoms with Crippen molar-refractivity contribution < 1.29 is 0 Å². The highest BCUT2D eigenvalue weighted by molar-refractivity contribution is 6.32. The van der Waals surface area contributed by atoms with Crippen LogP contribution in [0.2, 0.25) is 5.02 Å². The number of nitrogens with one attached hydrogen (secondary N) is 2. The molecule has 4 nitrogen and oxygen atoms in total. The van der Waals surface area contributed by atoms with Gasteiger partial charge in [-0.1, -0.05) is 11.6 Å². The van der Waals surface area contributed by atoms with E-state index in [0.29, 0.717) is 12.4 Å². The molecule has 0 aliphatic heterocycles. The maximum absolute atomic E-state index is 11.0. The Balaban J connectivity index is 2.59. The van der Waals surface area contributed by atoms with Crippen LogP contribution in [0, 0.1) is 0 Å². The van der Waals surface area contributed by atoms with Crippen LogP contribution in [0.4, 0.5) is 5.82 Å². The Hall–Kier alpha value is -0.740. The van der Waals surface area contributed by atoms with Crippen molar-refractivity contribution in [3.8, 4) is 0 Å². The molecule has 0 radical (unpaired) electrons. The van der Waals surface area contributed by atoms with Crippen molar-refractivity contribution in [3.05, 3.63) is 21.7 Å². The first-order chi connectivity index (χ1) is 6.61. The van der Waals surface area contributed by atoms with E-state index in [1.807, 2.05) is 6.92 Å². The van der Waals surface area contributed by atoms with Crippen LogP contribution in [0.15, 0.2) is 11.1 Å². The van der Waals surface area contributed by atoms with Crippen molar-refractivity contribution in [3.63, 3.8) is 0 Å². The fourth-order valence-electron chi connectivity index (χ4n) is 0.896. The van der Waals surface area contributed by atoms with E-state index in [1.54, 1.807) is 0 Å². The number of rotatable bonds is 4. The Morgan fingerprint density at radius 3 is 3.07 bits per heavy atom. The number of anilines is 1. The molecule has 0 bridgehead atoms. The van der Waals surface area contributed by atoms with Gasteiger partial charge >= 0.3 is 0 Å². The molecule has 0 aromatic carbocycles. The van der Waals surface area contributed by atoms with E-state index in [4.69, 9.17) is 23.2 Å². The lowest BCUT2D eigenvalue weighted by atomic mass is 10.3. The SMILES string of the molecule is CC(Cl)CCNc1nc[nH]c(=O)c1Cl. The van der Waals surface area contributed by atoms with Crippen LogP contribution < -0.4 is 10.9 Å². The first-order valence-corrected chi connectivity index (χ1v) is 5.04. The minimum Gasteiger partial charge on any atom is -0.369 e. The molecule has 0 saturated heterocycles. The Kier molecular flexibility index (Phi) is 4.22.